The Kier molecular flexibility index (Phi) is 9.27. The third-order valence-corrected chi connectivity index (χ3v) is 4.79. The first kappa shape index (κ1) is 19.6. The van der Waals surface area contributed by atoms with Crippen molar-refractivity contribution in [1.29, 1.82) is 0 Å². The average molecular weight is 438 g/mol. The van der Waals surface area contributed by atoms with Crippen molar-refractivity contribution in [2.75, 3.05) is 33.9 Å². The van der Waals surface area contributed by atoms with Crippen molar-refractivity contribution in [3.05, 3.63) is 16.1 Å². The highest BCUT2D eigenvalue weighted by atomic mass is 127. The number of nitrogens with zero attached hydrogens (tertiary/aromatic N) is 3. The second-order valence-electron chi connectivity index (χ2n) is 5.51. The second kappa shape index (κ2) is 10.4. The Bertz CT molecular complexity index is 460. The van der Waals surface area contributed by atoms with E-state index in [4.69, 9.17) is 4.74 Å². The van der Waals surface area contributed by atoms with Crippen molar-refractivity contribution in [2.24, 2.45) is 10.9 Å². The Hall–Kier alpha value is -0.410. The highest BCUT2D eigenvalue weighted by Crippen LogP contribution is 2.18. The van der Waals surface area contributed by atoms with E-state index in [1.807, 2.05) is 20.2 Å². The van der Waals surface area contributed by atoms with Crippen molar-refractivity contribution in [3.63, 3.8) is 0 Å². The van der Waals surface area contributed by atoms with E-state index in [1.165, 1.54) is 24.1 Å². The monoisotopic (exact) mass is 438 g/mol. The molecule has 22 heavy (non-hydrogen) atoms. The molecule has 0 aromatic carbocycles. The SMILES string of the molecule is CN=C(NCc1cnc(C)s1)N(C)CCC1CCOCC1.I. The van der Waals surface area contributed by atoms with Crippen LogP contribution < -0.4 is 5.32 Å². The van der Waals surface area contributed by atoms with Gasteiger partial charge in [-0.1, -0.05) is 0 Å². The summed E-state index contributed by atoms with van der Waals surface area (Å²) in [4.78, 5) is 12.1. The molecule has 1 aliphatic rings. The Labute approximate surface area is 154 Å². The molecule has 2 rings (SSSR count). The van der Waals surface area contributed by atoms with Gasteiger partial charge >= 0.3 is 0 Å². The molecule has 1 fully saturated rings. The molecule has 1 saturated heterocycles. The molecule has 2 heterocycles. The fourth-order valence-electron chi connectivity index (χ4n) is 2.56. The van der Waals surface area contributed by atoms with Crippen LogP contribution in [0.2, 0.25) is 0 Å². The molecule has 1 aromatic heterocycles. The molecule has 0 spiro atoms. The number of rotatable bonds is 5. The van der Waals surface area contributed by atoms with E-state index >= 15 is 0 Å². The van der Waals surface area contributed by atoms with Crippen LogP contribution in [0.4, 0.5) is 0 Å². The van der Waals surface area contributed by atoms with Crippen LogP contribution in [0.3, 0.4) is 0 Å². The van der Waals surface area contributed by atoms with Gasteiger partial charge in [0, 0.05) is 44.9 Å². The smallest absolute Gasteiger partial charge is 0.193 e. The van der Waals surface area contributed by atoms with Crippen molar-refractivity contribution < 1.29 is 4.74 Å². The third-order valence-electron chi connectivity index (χ3n) is 3.88. The van der Waals surface area contributed by atoms with E-state index in [1.54, 1.807) is 11.3 Å². The first-order valence-corrected chi connectivity index (χ1v) is 8.41. The molecule has 1 aromatic rings. The summed E-state index contributed by atoms with van der Waals surface area (Å²) >= 11 is 1.73. The molecule has 0 bridgehead atoms. The standard InChI is InChI=1S/C15H26N4OS.HI/c1-12-17-10-14(21-12)11-18-15(16-2)19(3)7-4-13-5-8-20-9-6-13;/h10,13H,4-9,11H2,1-3H3,(H,16,18);1H. The number of halogens is 1. The summed E-state index contributed by atoms with van der Waals surface area (Å²) in [6.07, 6.45) is 5.53. The fourth-order valence-corrected chi connectivity index (χ4v) is 3.29. The zero-order valence-electron chi connectivity index (χ0n) is 13.7. The molecule has 1 aliphatic heterocycles. The van der Waals surface area contributed by atoms with Gasteiger partial charge < -0.3 is 15.0 Å². The summed E-state index contributed by atoms with van der Waals surface area (Å²) in [5.74, 6) is 1.75. The van der Waals surface area contributed by atoms with Crippen molar-refractivity contribution in [1.82, 2.24) is 15.2 Å². The van der Waals surface area contributed by atoms with Crippen molar-refractivity contribution in [3.8, 4) is 0 Å². The Morgan fingerprint density at radius 3 is 2.82 bits per heavy atom. The largest absolute Gasteiger partial charge is 0.381 e. The summed E-state index contributed by atoms with van der Waals surface area (Å²) in [5.41, 5.74) is 0. The summed E-state index contributed by atoms with van der Waals surface area (Å²) in [7, 11) is 3.94. The summed E-state index contributed by atoms with van der Waals surface area (Å²) in [5, 5.41) is 4.51. The topological polar surface area (TPSA) is 49.8 Å². The predicted octanol–water partition coefficient (Wildman–Crippen LogP) is 2.89. The zero-order chi connectivity index (χ0) is 15.1. The second-order valence-corrected chi connectivity index (χ2v) is 6.83. The lowest BCUT2D eigenvalue weighted by Crippen LogP contribution is -2.39. The van der Waals surface area contributed by atoms with Gasteiger partial charge in [0.2, 0.25) is 0 Å². The average Bonchev–Trinajstić information content (AvgIpc) is 2.92. The fraction of sp³-hybridized carbons (Fsp3) is 0.733. The molecule has 5 nitrogen and oxygen atoms in total. The number of hydrogen-bond acceptors (Lipinski definition) is 4. The van der Waals surface area contributed by atoms with E-state index in [2.05, 4.69) is 27.2 Å². The number of aliphatic imine (C=N–C) groups is 1. The quantitative estimate of drug-likeness (QED) is 0.437. The number of aromatic nitrogens is 1. The first-order valence-electron chi connectivity index (χ1n) is 7.60. The Morgan fingerprint density at radius 2 is 2.23 bits per heavy atom. The maximum absolute atomic E-state index is 5.41. The summed E-state index contributed by atoms with van der Waals surface area (Å²) < 4.78 is 5.41. The van der Waals surface area contributed by atoms with Gasteiger partial charge in [-0.3, -0.25) is 4.99 Å². The van der Waals surface area contributed by atoms with Crippen LogP contribution in [-0.4, -0.2) is 49.7 Å². The van der Waals surface area contributed by atoms with Gasteiger partial charge in [-0.15, -0.1) is 35.3 Å². The lowest BCUT2D eigenvalue weighted by Gasteiger charge is -2.26. The minimum Gasteiger partial charge on any atom is -0.381 e. The number of guanidine groups is 1. The van der Waals surface area contributed by atoms with Crippen LogP contribution >= 0.6 is 35.3 Å². The van der Waals surface area contributed by atoms with Crippen LogP contribution in [0, 0.1) is 12.8 Å². The van der Waals surface area contributed by atoms with Crippen LogP contribution in [0.5, 0.6) is 0 Å². The lowest BCUT2D eigenvalue weighted by atomic mass is 9.96. The molecule has 0 atom stereocenters. The highest BCUT2D eigenvalue weighted by Gasteiger charge is 2.15. The zero-order valence-corrected chi connectivity index (χ0v) is 16.8. The summed E-state index contributed by atoms with van der Waals surface area (Å²) in [6, 6.07) is 0. The van der Waals surface area contributed by atoms with Gasteiger partial charge in [0.05, 0.1) is 11.6 Å². The molecule has 126 valence electrons. The number of nitrogens with one attached hydrogen (secondary N) is 1. The van der Waals surface area contributed by atoms with Crippen LogP contribution in [0.25, 0.3) is 0 Å². The minimum atomic E-state index is 0. The molecular formula is C15H27IN4OS. The van der Waals surface area contributed by atoms with E-state index in [-0.39, 0.29) is 24.0 Å². The van der Waals surface area contributed by atoms with Crippen LogP contribution in [0.15, 0.2) is 11.2 Å². The van der Waals surface area contributed by atoms with Crippen molar-refractivity contribution in [2.45, 2.75) is 32.7 Å². The van der Waals surface area contributed by atoms with E-state index in [9.17, 15) is 0 Å². The Balaban J connectivity index is 0.00000242. The lowest BCUT2D eigenvalue weighted by molar-refractivity contribution is 0.0625. The van der Waals surface area contributed by atoms with Gasteiger partial charge in [0.15, 0.2) is 5.96 Å². The van der Waals surface area contributed by atoms with Crippen LogP contribution in [-0.2, 0) is 11.3 Å². The normalized spacial score (nSPS) is 16.2. The molecule has 7 heteroatoms. The van der Waals surface area contributed by atoms with E-state index < -0.39 is 0 Å². The molecule has 0 aliphatic carbocycles. The van der Waals surface area contributed by atoms with Gasteiger partial charge in [0.1, 0.15) is 0 Å². The number of ether oxygens (including phenoxy) is 1. The molecule has 0 radical (unpaired) electrons. The third kappa shape index (κ3) is 6.37. The highest BCUT2D eigenvalue weighted by molar-refractivity contribution is 14.0. The van der Waals surface area contributed by atoms with Gasteiger partial charge in [-0.25, -0.2) is 4.98 Å². The predicted molar refractivity (Wildman–Crippen MR) is 103 cm³/mol. The van der Waals surface area contributed by atoms with Crippen LogP contribution in [0.1, 0.15) is 29.1 Å². The van der Waals surface area contributed by atoms with Crippen molar-refractivity contribution >= 4 is 41.3 Å². The number of aryl methyl sites for hydroxylation is 1. The maximum atomic E-state index is 5.41. The van der Waals surface area contributed by atoms with Gasteiger partial charge in [-0.2, -0.15) is 0 Å². The molecule has 0 amide bonds. The van der Waals surface area contributed by atoms with E-state index in [0.29, 0.717) is 0 Å². The maximum Gasteiger partial charge on any atom is 0.193 e. The Morgan fingerprint density at radius 1 is 1.50 bits per heavy atom. The molecule has 0 unspecified atom stereocenters. The van der Waals surface area contributed by atoms with E-state index in [0.717, 1.165) is 43.2 Å². The molecule has 1 N–H and O–H groups in total. The number of hydrogen-bond donors (Lipinski definition) is 1. The molecule has 0 saturated carbocycles. The van der Waals surface area contributed by atoms with Gasteiger partial charge in [-0.05, 0) is 32.1 Å². The number of thiazole rings is 1. The summed E-state index contributed by atoms with van der Waals surface area (Å²) in [6.45, 7) is 5.70. The first-order chi connectivity index (χ1) is 10.2. The van der Waals surface area contributed by atoms with Gasteiger partial charge in [0.25, 0.3) is 0 Å². The molecular weight excluding hydrogens is 411 g/mol. The minimum absolute atomic E-state index is 0.